The molecule has 0 radical (unpaired) electrons. The molecule has 0 aromatic carbocycles. The largest absolute Gasteiger partial charge is 0.490 e. The molecular formula is C14H25BO2Si. The molecule has 0 aliphatic carbocycles. The minimum Gasteiger partial charge on any atom is -0.400 e. The van der Waals surface area contributed by atoms with Crippen molar-refractivity contribution in [1.29, 1.82) is 0 Å². The van der Waals surface area contributed by atoms with Gasteiger partial charge in [-0.3, -0.25) is 0 Å². The summed E-state index contributed by atoms with van der Waals surface area (Å²) in [6, 6.07) is 0. The van der Waals surface area contributed by atoms with Gasteiger partial charge in [0.1, 0.15) is 8.07 Å². The van der Waals surface area contributed by atoms with E-state index in [0.29, 0.717) is 6.42 Å². The van der Waals surface area contributed by atoms with Crippen molar-refractivity contribution in [3.63, 3.8) is 0 Å². The van der Waals surface area contributed by atoms with Crippen LogP contribution in [0.4, 0.5) is 0 Å². The van der Waals surface area contributed by atoms with Crippen molar-refractivity contribution in [3.8, 4) is 11.5 Å². The van der Waals surface area contributed by atoms with Gasteiger partial charge in [0.25, 0.3) is 0 Å². The van der Waals surface area contributed by atoms with Crippen molar-refractivity contribution < 1.29 is 9.31 Å². The predicted octanol–water partition coefficient (Wildman–Crippen LogP) is 3.44. The van der Waals surface area contributed by atoms with Gasteiger partial charge < -0.3 is 9.31 Å². The summed E-state index contributed by atoms with van der Waals surface area (Å²) in [6.07, 6.45) is 0.654. The van der Waals surface area contributed by atoms with Gasteiger partial charge in [0.05, 0.1) is 11.2 Å². The summed E-state index contributed by atoms with van der Waals surface area (Å²) in [4.78, 5) is 0. The summed E-state index contributed by atoms with van der Waals surface area (Å²) in [5.41, 5.74) is 3.65. The van der Waals surface area contributed by atoms with E-state index in [1.54, 1.807) is 0 Å². The summed E-state index contributed by atoms with van der Waals surface area (Å²) < 4.78 is 11.9. The number of hydrogen-bond acceptors (Lipinski definition) is 2. The lowest BCUT2D eigenvalue weighted by atomic mass is 9.78. The molecular weight excluding hydrogens is 239 g/mol. The van der Waals surface area contributed by atoms with Crippen LogP contribution in [0.3, 0.4) is 0 Å². The first-order valence-electron chi connectivity index (χ1n) is 6.48. The fourth-order valence-electron chi connectivity index (χ4n) is 1.52. The van der Waals surface area contributed by atoms with Crippen LogP contribution >= 0.6 is 0 Å². The zero-order valence-corrected chi connectivity index (χ0v) is 13.8. The molecule has 0 atom stereocenters. The second kappa shape index (κ2) is 4.88. The van der Waals surface area contributed by atoms with Gasteiger partial charge in [-0.15, -0.1) is 18.0 Å². The summed E-state index contributed by atoms with van der Waals surface area (Å²) in [7, 11) is -1.63. The molecule has 0 aromatic rings. The Morgan fingerprint density at radius 2 is 1.56 bits per heavy atom. The van der Waals surface area contributed by atoms with E-state index in [1.165, 1.54) is 0 Å². The molecule has 1 heterocycles. The minimum absolute atomic E-state index is 0.299. The second-order valence-electron chi connectivity index (χ2n) is 6.98. The predicted molar refractivity (Wildman–Crippen MR) is 81.0 cm³/mol. The van der Waals surface area contributed by atoms with Crippen LogP contribution < -0.4 is 0 Å². The van der Waals surface area contributed by atoms with Crippen LogP contribution in [0.25, 0.3) is 0 Å². The monoisotopic (exact) mass is 264 g/mol. The van der Waals surface area contributed by atoms with Crippen LogP contribution in [0.15, 0.2) is 12.1 Å². The molecule has 0 unspecified atom stereocenters. The van der Waals surface area contributed by atoms with Crippen LogP contribution in [0.2, 0.25) is 19.6 Å². The Labute approximate surface area is 113 Å². The second-order valence-corrected chi connectivity index (χ2v) is 11.7. The summed E-state index contributed by atoms with van der Waals surface area (Å²) in [5.74, 6) is 3.21. The zero-order valence-electron chi connectivity index (χ0n) is 12.8. The molecule has 1 fully saturated rings. The van der Waals surface area contributed by atoms with Crippen LogP contribution in [0.1, 0.15) is 34.1 Å². The highest BCUT2D eigenvalue weighted by molar-refractivity contribution is 6.83. The normalized spacial score (nSPS) is 21.4. The van der Waals surface area contributed by atoms with Gasteiger partial charge in [0, 0.05) is 6.42 Å². The standard InChI is InChI=1S/C14H25BO2Si/c1-12(10-9-11-18(6,7)8)15-16-13(2,3)14(4,5)17-15/h1,10H2,2-8H3. The Morgan fingerprint density at radius 3 is 1.94 bits per heavy atom. The molecule has 18 heavy (non-hydrogen) atoms. The van der Waals surface area contributed by atoms with Gasteiger partial charge >= 0.3 is 7.12 Å². The minimum atomic E-state index is -1.30. The van der Waals surface area contributed by atoms with Crippen molar-refractivity contribution >= 4 is 15.2 Å². The molecule has 1 aliphatic heterocycles. The van der Waals surface area contributed by atoms with E-state index in [9.17, 15) is 0 Å². The number of allylic oxidation sites excluding steroid dienone is 1. The van der Waals surface area contributed by atoms with E-state index in [1.807, 2.05) is 27.7 Å². The lowest BCUT2D eigenvalue weighted by Gasteiger charge is -2.32. The van der Waals surface area contributed by atoms with E-state index < -0.39 is 8.07 Å². The topological polar surface area (TPSA) is 18.5 Å². The van der Waals surface area contributed by atoms with Gasteiger partial charge in [-0.2, -0.15) is 0 Å². The highest BCUT2D eigenvalue weighted by Gasteiger charge is 2.51. The van der Waals surface area contributed by atoms with E-state index in [-0.39, 0.29) is 18.3 Å². The third kappa shape index (κ3) is 3.75. The Kier molecular flexibility index (Phi) is 4.22. The number of hydrogen-bond donors (Lipinski definition) is 0. The van der Waals surface area contributed by atoms with Crippen molar-refractivity contribution in [3.05, 3.63) is 12.1 Å². The molecule has 0 amide bonds. The maximum Gasteiger partial charge on any atom is 0.490 e. The Balaban J connectivity index is 2.63. The molecule has 1 aliphatic rings. The fourth-order valence-corrected chi connectivity index (χ4v) is 2.13. The smallest absolute Gasteiger partial charge is 0.400 e. The summed E-state index contributed by atoms with van der Waals surface area (Å²) in [6.45, 7) is 18.9. The van der Waals surface area contributed by atoms with Gasteiger partial charge in [-0.1, -0.05) is 19.6 Å². The van der Waals surface area contributed by atoms with Gasteiger partial charge in [-0.25, -0.2) is 0 Å². The Hall–Kier alpha value is -0.498. The SMILES string of the molecule is C=C(CC#C[Si](C)(C)C)B1OC(C)(C)C(C)(C)O1. The highest BCUT2D eigenvalue weighted by Crippen LogP contribution is 2.38. The molecule has 2 nitrogen and oxygen atoms in total. The zero-order chi connectivity index (χ0) is 14.2. The molecule has 0 aromatic heterocycles. The Morgan fingerprint density at radius 1 is 1.11 bits per heavy atom. The van der Waals surface area contributed by atoms with Crippen molar-refractivity contribution in [2.24, 2.45) is 0 Å². The van der Waals surface area contributed by atoms with Crippen LogP contribution in [-0.2, 0) is 9.31 Å². The first-order chi connectivity index (χ1) is 7.95. The average Bonchev–Trinajstić information content (AvgIpc) is 2.33. The summed E-state index contributed by atoms with van der Waals surface area (Å²) in [5, 5.41) is 0. The van der Waals surface area contributed by atoms with Crippen LogP contribution in [0, 0.1) is 11.5 Å². The third-order valence-corrected chi connectivity index (χ3v) is 4.29. The lowest BCUT2D eigenvalue weighted by Crippen LogP contribution is -2.41. The average molecular weight is 264 g/mol. The maximum atomic E-state index is 5.93. The summed E-state index contributed by atoms with van der Waals surface area (Å²) >= 11 is 0. The third-order valence-electron chi connectivity index (χ3n) is 3.37. The molecule has 0 saturated carbocycles. The molecule has 0 N–H and O–H groups in total. The highest BCUT2D eigenvalue weighted by atomic mass is 28.3. The van der Waals surface area contributed by atoms with Crippen LogP contribution in [-0.4, -0.2) is 26.4 Å². The number of rotatable bonds is 2. The lowest BCUT2D eigenvalue weighted by molar-refractivity contribution is 0.00578. The first kappa shape index (κ1) is 15.6. The van der Waals surface area contributed by atoms with Gasteiger partial charge in [0.15, 0.2) is 0 Å². The molecule has 4 heteroatoms. The van der Waals surface area contributed by atoms with E-state index in [2.05, 4.69) is 37.7 Å². The van der Waals surface area contributed by atoms with Crippen LogP contribution in [0.5, 0.6) is 0 Å². The maximum absolute atomic E-state index is 5.93. The van der Waals surface area contributed by atoms with Crippen molar-refractivity contribution in [2.75, 3.05) is 0 Å². The quantitative estimate of drug-likeness (QED) is 0.562. The van der Waals surface area contributed by atoms with Crippen molar-refractivity contribution in [2.45, 2.75) is 65.0 Å². The van der Waals surface area contributed by atoms with Gasteiger partial charge in [0.2, 0.25) is 0 Å². The van der Waals surface area contributed by atoms with E-state index >= 15 is 0 Å². The van der Waals surface area contributed by atoms with E-state index in [0.717, 1.165) is 5.47 Å². The van der Waals surface area contributed by atoms with Crippen molar-refractivity contribution in [1.82, 2.24) is 0 Å². The Bertz CT molecular complexity index is 380. The molecule has 0 spiro atoms. The van der Waals surface area contributed by atoms with E-state index in [4.69, 9.17) is 9.31 Å². The molecule has 1 saturated heterocycles. The molecule has 0 bridgehead atoms. The van der Waals surface area contributed by atoms with Gasteiger partial charge in [-0.05, 0) is 33.2 Å². The molecule has 100 valence electrons. The first-order valence-corrected chi connectivity index (χ1v) is 9.98. The fraction of sp³-hybridized carbons (Fsp3) is 0.714. The molecule has 1 rings (SSSR count).